The first-order valence-corrected chi connectivity index (χ1v) is 7.06. The van der Waals surface area contributed by atoms with Gasteiger partial charge in [-0.05, 0) is 59.7 Å². The zero-order valence-electron chi connectivity index (χ0n) is 9.16. The van der Waals surface area contributed by atoms with Gasteiger partial charge in [-0.2, -0.15) is 4.37 Å². The molecule has 1 aromatic heterocycles. The van der Waals surface area contributed by atoms with E-state index in [1.54, 1.807) is 11.5 Å². The Kier molecular flexibility index (Phi) is 3.80. The molecule has 1 heterocycles. The molecule has 1 aliphatic rings. The third kappa shape index (κ3) is 2.43. The van der Waals surface area contributed by atoms with Crippen LogP contribution in [-0.2, 0) is 0 Å². The normalized spacial score (nSPS) is 31.8. The first-order valence-electron chi connectivity index (χ1n) is 5.49. The van der Waals surface area contributed by atoms with Gasteiger partial charge in [-0.25, -0.2) is 0 Å². The van der Waals surface area contributed by atoms with E-state index >= 15 is 0 Å². The summed E-state index contributed by atoms with van der Waals surface area (Å²) in [5, 5.41) is 3.40. The number of rotatable bonds is 2. The second-order valence-electron chi connectivity index (χ2n) is 4.42. The van der Waals surface area contributed by atoms with Crippen molar-refractivity contribution in [1.29, 1.82) is 0 Å². The van der Waals surface area contributed by atoms with Gasteiger partial charge >= 0.3 is 0 Å². The average Bonchev–Trinajstić information content (AvgIpc) is 2.65. The molecule has 2 rings (SSSR count). The number of halogens is 1. The van der Waals surface area contributed by atoms with Crippen LogP contribution in [0.3, 0.4) is 0 Å². The van der Waals surface area contributed by atoms with Crippen LogP contribution in [0.2, 0.25) is 0 Å². The Morgan fingerprint density at radius 2 is 2.33 bits per heavy atom. The predicted molar refractivity (Wildman–Crippen MR) is 68.4 cm³/mol. The van der Waals surface area contributed by atoms with E-state index in [0.717, 1.165) is 5.92 Å². The highest BCUT2D eigenvalue weighted by molar-refractivity contribution is 9.10. The van der Waals surface area contributed by atoms with Crippen LogP contribution in [0.1, 0.15) is 37.0 Å². The highest BCUT2D eigenvalue weighted by Crippen LogP contribution is 2.41. The largest absolute Gasteiger partial charge is 0.317 e. The van der Waals surface area contributed by atoms with E-state index in [1.807, 2.05) is 6.20 Å². The Morgan fingerprint density at radius 1 is 1.53 bits per heavy atom. The molecule has 1 aliphatic carbocycles. The lowest BCUT2D eigenvalue weighted by molar-refractivity contribution is 0.279. The van der Waals surface area contributed by atoms with E-state index < -0.39 is 0 Å². The molecule has 0 spiro atoms. The van der Waals surface area contributed by atoms with Crippen LogP contribution in [0.4, 0.5) is 0 Å². The van der Waals surface area contributed by atoms with E-state index in [1.165, 1.54) is 28.6 Å². The van der Waals surface area contributed by atoms with Gasteiger partial charge in [0.1, 0.15) is 0 Å². The molecule has 3 unspecified atom stereocenters. The molecule has 0 saturated heterocycles. The topological polar surface area (TPSA) is 24.9 Å². The molecule has 15 heavy (non-hydrogen) atoms. The Bertz CT molecular complexity index is 326. The third-order valence-electron chi connectivity index (χ3n) is 3.49. The minimum absolute atomic E-state index is 0.679. The Hall–Kier alpha value is 0.0700. The van der Waals surface area contributed by atoms with Gasteiger partial charge in [0.2, 0.25) is 0 Å². The van der Waals surface area contributed by atoms with Crippen LogP contribution in [0.25, 0.3) is 0 Å². The second kappa shape index (κ2) is 4.93. The third-order valence-corrected chi connectivity index (χ3v) is 5.32. The Balaban J connectivity index is 2.16. The first-order chi connectivity index (χ1) is 7.22. The molecule has 0 amide bonds. The molecule has 1 fully saturated rings. The van der Waals surface area contributed by atoms with Crippen LogP contribution in [0, 0.1) is 5.92 Å². The lowest BCUT2D eigenvalue weighted by Gasteiger charge is -2.33. The lowest BCUT2D eigenvalue weighted by Crippen LogP contribution is -2.33. The summed E-state index contributed by atoms with van der Waals surface area (Å²) in [5.41, 5.74) is 0. The molecule has 4 heteroatoms. The summed E-state index contributed by atoms with van der Waals surface area (Å²) in [7, 11) is 2.07. The minimum atomic E-state index is 0.679. The van der Waals surface area contributed by atoms with Crippen molar-refractivity contribution < 1.29 is 0 Å². The maximum Gasteiger partial charge on any atom is 0.0552 e. The van der Waals surface area contributed by atoms with E-state index in [9.17, 15) is 0 Å². The summed E-state index contributed by atoms with van der Waals surface area (Å²) in [6.07, 6.45) is 5.80. The molecular formula is C11H17BrN2S. The maximum atomic E-state index is 4.26. The van der Waals surface area contributed by atoms with E-state index in [4.69, 9.17) is 0 Å². The molecule has 84 valence electrons. The summed E-state index contributed by atoms with van der Waals surface area (Å²) < 4.78 is 5.45. The van der Waals surface area contributed by atoms with Crippen LogP contribution < -0.4 is 5.32 Å². The van der Waals surface area contributed by atoms with E-state index in [0.29, 0.717) is 12.0 Å². The van der Waals surface area contributed by atoms with Crippen LogP contribution in [-0.4, -0.2) is 17.5 Å². The first kappa shape index (κ1) is 11.6. The van der Waals surface area contributed by atoms with Crippen molar-refractivity contribution in [2.75, 3.05) is 7.05 Å². The molecule has 0 bridgehead atoms. The molecule has 1 aromatic rings. The van der Waals surface area contributed by atoms with Crippen LogP contribution >= 0.6 is 27.5 Å². The van der Waals surface area contributed by atoms with Crippen LogP contribution in [0.5, 0.6) is 0 Å². The molecular weight excluding hydrogens is 272 g/mol. The molecule has 3 atom stereocenters. The van der Waals surface area contributed by atoms with Crippen molar-refractivity contribution in [3.05, 3.63) is 15.5 Å². The fourth-order valence-corrected chi connectivity index (χ4v) is 4.06. The average molecular weight is 289 g/mol. The van der Waals surface area contributed by atoms with Crippen molar-refractivity contribution in [2.24, 2.45) is 5.92 Å². The number of hydrogen-bond donors (Lipinski definition) is 1. The number of hydrogen-bond acceptors (Lipinski definition) is 3. The van der Waals surface area contributed by atoms with Crippen molar-refractivity contribution in [1.82, 2.24) is 9.69 Å². The molecule has 0 aromatic carbocycles. The summed E-state index contributed by atoms with van der Waals surface area (Å²) in [5.74, 6) is 1.46. The Morgan fingerprint density at radius 3 is 2.93 bits per heavy atom. The summed E-state index contributed by atoms with van der Waals surface area (Å²) in [6.45, 7) is 2.36. The smallest absolute Gasteiger partial charge is 0.0552 e. The summed E-state index contributed by atoms with van der Waals surface area (Å²) in [4.78, 5) is 1.43. The van der Waals surface area contributed by atoms with Gasteiger partial charge in [0.15, 0.2) is 0 Å². The molecule has 0 radical (unpaired) electrons. The molecule has 1 N–H and O–H groups in total. The van der Waals surface area contributed by atoms with Gasteiger partial charge in [0.25, 0.3) is 0 Å². The van der Waals surface area contributed by atoms with Gasteiger partial charge in [0, 0.05) is 16.8 Å². The highest BCUT2D eigenvalue weighted by atomic mass is 79.9. The van der Waals surface area contributed by atoms with E-state index in [-0.39, 0.29) is 0 Å². The monoisotopic (exact) mass is 288 g/mol. The fourth-order valence-electron chi connectivity index (χ4n) is 2.43. The van der Waals surface area contributed by atoms with Gasteiger partial charge in [0.05, 0.1) is 10.7 Å². The number of aromatic nitrogens is 1. The Labute approximate surface area is 104 Å². The van der Waals surface area contributed by atoms with Crippen molar-refractivity contribution in [3.63, 3.8) is 0 Å². The van der Waals surface area contributed by atoms with Crippen molar-refractivity contribution in [2.45, 2.75) is 38.1 Å². The number of nitrogens with zero attached hydrogens (tertiary/aromatic N) is 1. The van der Waals surface area contributed by atoms with Gasteiger partial charge in [-0.15, -0.1) is 0 Å². The van der Waals surface area contributed by atoms with Crippen molar-refractivity contribution >= 4 is 27.5 Å². The molecule has 0 aliphatic heterocycles. The summed E-state index contributed by atoms with van der Waals surface area (Å²) >= 11 is 5.25. The van der Waals surface area contributed by atoms with Gasteiger partial charge < -0.3 is 5.32 Å². The number of nitrogens with one attached hydrogen (secondary N) is 1. The minimum Gasteiger partial charge on any atom is -0.317 e. The zero-order chi connectivity index (χ0) is 10.8. The quantitative estimate of drug-likeness (QED) is 0.902. The highest BCUT2D eigenvalue weighted by Gasteiger charge is 2.30. The van der Waals surface area contributed by atoms with Crippen molar-refractivity contribution in [3.8, 4) is 0 Å². The lowest BCUT2D eigenvalue weighted by atomic mass is 9.77. The molecule has 1 saturated carbocycles. The predicted octanol–water partition coefficient (Wildman–Crippen LogP) is 3.40. The van der Waals surface area contributed by atoms with Gasteiger partial charge in [-0.3, -0.25) is 0 Å². The maximum absolute atomic E-state index is 4.26. The fraction of sp³-hybridized carbons (Fsp3) is 0.727. The standard InChI is InChI=1S/C11H17BrN2S/c1-7-3-4-8(13-2)5-9(7)11-10(12)6-14-15-11/h6-9,13H,3-5H2,1-2H3. The van der Waals surface area contributed by atoms with E-state index in [2.05, 4.69) is 39.6 Å². The van der Waals surface area contributed by atoms with Crippen LogP contribution in [0.15, 0.2) is 10.7 Å². The summed E-state index contributed by atoms with van der Waals surface area (Å²) in [6, 6.07) is 0.681. The molecule has 2 nitrogen and oxygen atoms in total. The van der Waals surface area contributed by atoms with Gasteiger partial charge in [-0.1, -0.05) is 6.92 Å². The second-order valence-corrected chi connectivity index (χ2v) is 6.11. The zero-order valence-corrected chi connectivity index (χ0v) is 11.6. The SMILES string of the molecule is CNC1CCC(C)C(c2sncc2Br)C1.